The van der Waals surface area contributed by atoms with Crippen LogP contribution in [0.1, 0.15) is 32.8 Å². The van der Waals surface area contributed by atoms with Crippen molar-refractivity contribution >= 4 is 11.6 Å². The third kappa shape index (κ3) is 5.03. The van der Waals surface area contributed by atoms with Crippen molar-refractivity contribution in [1.82, 2.24) is 0 Å². The van der Waals surface area contributed by atoms with Crippen molar-refractivity contribution < 1.29 is 4.79 Å². The minimum absolute atomic E-state index is 0.120. The molecule has 1 aromatic rings. The molecule has 19 heavy (non-hydrogen) atoms. The molecule has 0 aromatic heterocycles. The molecule has 0 aliphatic heterocycles. The van der Waals surface area contributed by atoms with Crippen molar-refractivity contribution in [2.24, 2.45) is 17.6 Å². The average molecular weight is 262 g/mol. The molecule has 1 atom stereocenters. The summed E-state index contributed by atoms with van der Waals surface area (Å²) < 4.78 is 0. The van der Waals surface area contributed by atoms with Crippen LogP contribution >= 0.6 is 0 Å². The van der Waals surface area contributed by atoms with Crippen LogP contribution in [-0.2, 0) is 11.2 Å². The van der Waals surface area contributed by atoms with Crippen molar-refractivity contribution in [3.05, 3.63) is 29.8 Å². The van der Waals surface area contributed by atoms with Gasteiger partial charge in [0.05, 0.1) is 0 Å². The van der Waals surface area contributed by atoms with Crippen LogP contribution in [-0.4, -0.2) is 19.5 Å². The van der Waals surface area contributed by atoms with Gasteiger partial charge >= 0.3 is 0 Å². The molecule has 0 bridgehead atoms. The second kappa shape index (κ2) is 7.29. The Labute approximate surface area is 116 Å². The summed E-state index contributed by atoms with van der Waals surface area (Å²) in [5, 5.41) is 0. The summed E-state index contributed by atoms with van der Waals surface area (Å²) in [5.74, 6) is 1.00. The smallest absolute Gasteiger partial charge is 0.227 e. The van der Waals surface area contributed by atoms with Gasteiger partial charge in [0, 0.05) is 19.2 Å². The Balaban J connectivity index is 2.66. The fourth-order valence-electron chi connectivity index (χ4n) is 1.99. The van der Waals surface area contributed by atoms with Crippen LogP contribution < -0.4 is 10.6 Å². The first-order valence-corrected chi connectivity index (χ1v) is 6.99. The summed E-state index contributed by atoms with van der Waals surface area (Å²) >= 11 is 0. The molecular weight excluding hydrogens is 236 g/mol. The van der Waals surface area contributed by atoms with E-state index in [0.29, 0.717) is 18.9 Å². The number of carbonyl (C=O) groups excluding carboxylic acids is 1. The fraction of sp³-hybridized carbons (Fsp3) is 0.562. The summed E-state index contributed by atoms with van der Waals surface area (Å²) in [6.45, 7) is 6.96. The highest BCUT2D eigenvalue weighted by molar-refractivity contribution is 5.92. The average Bonchev–Trinajstić information content (AvgIpc) is 2.37. The lowest BCUT2D eigenvalue weighted by molar-refractivity contribution is -0.119. The van der Waals surface area contributed by atoms with Crippen molar-refractivity contribution in [2.75, 3.05) is 18.5 Å². The molecule has 0 spiro atoms. The molecule has 0 saturated carbocycles. The highest BCUT2D eigenvalue weighted by Gasteiger charge is 2.13. The highest BCUT2D eigenvalue weighted by Crippen LogP contribution is 2.17. The fourth-order valence-corrected chi connectivity index (χ4v) is 1.99. The first-order valence-electron chi connectivity index (χ1n) is 6.99. The third-order valence-corrected chi connectivity index (χ3v) is 3.27. The van der Waals surface area contributed by atoms with Crippen LogP contribution in [0.3, 0.4) is 0 Å². The summed E-state index contributed by atoms with van der Waals surface area (Å²) in [7, 11) is 1.82. The minimum Gasteiger partial charge on any atom is -0.330 e. The first-order chi connectivity index (χ1) is 8.93. The standard InChI is InChI=1S/C16H26N2O/c1-12(2)9-14-5-7-15(8-6-14)18(4)16(19)10-13(3)11-17/h5-8,12-13H,9-11,17H2,1-4H3. The zero-order valence-electron chi connectivity index (χ0n) is 12.5. The molecule has 1 aromatic carbocycles. The number of anilines is 1. The molecule has 0 saturated heterocycles. The maximum absolute atomic E-state index is 12.0. The Bertz CT molecular complexity index is 398. The number of hydrogen-bond acceptors (Lipinski definition) is 2. The van der Waals surface area contributed by atoms with E-state index in [0.717, 1.165) is 12.1 Å². The van der Waals surface area contributed by atoms with E-state index >= 15 is 0 Å². The quantitative estimate of drug-likeness (QED) is 0.857. The largest absolute Gasteiger partial charge is 0.330 e. The Morgan fingerprint density at radius 1 is 1.21 bits per heavy atom. The van der Waals surface area contributed by atoms with Crippen molar-refractivity contribution in [3.8, 4) is 0 Å². The van der Waals surface area contributed by atoms with Crippen molar-refractivity contribution in [2.45, 2.75) is 33.6 Å². The molecule has 1 rings (SSSR count). The van der Waals surface area contributed by atoms with Crippen LogP contribution in [0.4, 0.5) is 5.69 Å². The van der Waals surface area contributed by atoms with E-state index in [1.165, 1.54) is 5.56 Å². The maximum Gasteiger partial charge on any atom is 0.227 e. The van der Waals surface area contributed by atoms with Gasteiger partial charge in [-0.25, -0.2) is 0 Å². The second-order valence-electron chi connectivity index (χ2n) is 5.76. The normalized spacial score (nSPS) is 12.5. The molecular formula is C16H26N2O. The van der Waals surface area contributed by atoms with Crippen LogP contribution in [0.2, 0.25) is 0 Å². The minimum atomic E-state index is 0.120. The van der Waals surface area contributed by atoms with Gasteiger partial charge in [0.2, 0.25) is 5.91 Å². The molecule has 0 aliphatic carbocycles. The molecule has 3 heteroatoms. The molecule has 2 N–H and O–H groups in total. The Hall–Kier alpha value is -1.35. The number of nitrogens with two attached hydrogens (primary N) is 1. The number of nitrogens with zero attached hydrogens (tertiary/aromatic N) is 1. The molecule has 3 nitrogen and oxygen atoms in total. The first kappa shape index (κ1) is 15.7. The second-order valence-corrected chi connectivity index (χ2v) is 5.76. The van der Waals surface area contributed by atoms with Gasteiger partial charge in [-0.3, -0.25) is 4.79 Å². The summed E-state index contributed by atoms with van der Waals surface area (Å²) in [6, 6.07) is 8.24. The molecule has 0 fully saturated rings. The Kier molecular flexibility index (Phi) is 6.03. The van der Waals surface area contributed by atoms with Gasteiger partial charge in [-0.05, 0) is 42.5 Å². The van der Waals surface area contributed by atoms with Gasteiger partial charge in [0.1, 0.15) is 0 Å². The van der Waals surface area contributed by atoms with Crippen LogP contribution in [0, 0.1) is 11.8 Å². The van der Waals surface area contributed by atoms with Crippen LogP contribution in [0.5, 0.6) is 0 Å². The number of carbonyl (C=O) groups is 1. The monoisotopic (exact) mass is 262 g/mol. The lowest BCUT2D eigenvalue weighted by atomic mass is 10.0. The van der Waals surface area contributed by atoms with Crippen LogP contribution in [0.25, 0.3) is 0 Å². The zero-order valence-corrected chi connectivity index (χ0v) is 12.5. The predicted molar refractivity (Wildman–Crippen MR) is 81.2 cm³/mol. The van der Waals surface area contributed by atoms with Gasteiger partial charge in [0.25, 0.3) is 0 Å². The van der Waals surface area contributed by atoms with E-state index in [2.05, 4.69) is 26.0 Å². The van der Waals surface area contributed by atoms with Gasteiger partial charge in [-0.15, -0.1) is 0 Å². The van der Waals surface area contributed by atoms with Gasteiger partial charge in [-0.1, -0.05) is 32.9 Å². The van der Waals surface area contributed by atoms with Crippen LogP contribution in [0.15, 0.2) is 24.3 Å². The number of benzene rings is 1. The number of rotatable bonds is 6. The van der Waals surface area contributed by atoms with E-state index in [1.54, 1.807) is 4.90 Å². The van der Waals surface area contributed by atoms with Gasteiger partial charge < -0.3 is 10.6 Å². The zero-order chi connectivity index (χ0) is 14.4. The van der Waals surface area contributed by atoms with E-state index in [1.807, 2.05) is 26.1 Å². The maximum atomic E-state index is 12.0. The van der Waals surface area contributed by atoms with E-state index < -0.39 is 0 Å². The summed E-state index contributed by atoms with van der Waals surface area (Å²) in [5.41, 5.74) is 7.82. The Morgan fingerprint density at radius 2 is 1.79 bits per heavy atom. The van der Waals surface area contributed by atoms with E-state index in [9.17, 15) is 4.79 Å². The molecule has 106 valence electrons. The SMILES string of the molecule is CC(C)Cc1ccc(N(C)C(=O)CC(C)CN)cc1. The number of hydrogen-bond donors (Lipinski definition) is 1. The van der Waals surface area contributed by atoms with Crippen molar-refractivity contribution in [3.63, 3.8) is 0 Å². The molecule has 0 heterocycles. The molecule has 1 unspecified atom stereocenters. The highest BCUT2D eigenvalue weighted by atomic mass is 16.2. The van der Waals surface area contributed by atoms with Crippen molar-refractivity contribution in [1.29, 1.82) is 0 Å². The lowest BCUT2D eigenvalue weighted by Crippen LogP contribution is -2.29. The molecule has 0 aliphatic rings. The lowest BCUT2D eigenvalue weighted by Gasteiger charge is -2.19. The number of amides is 1. The van der Waals surface area contributed by atoms with Gasteiger partial charge in [-0.2, -0.15) is 0 Å². The third-order valence-electron chi connectivity index (χ3n) is 3.27. The summed E-state index contributed by atoms with van der Waals surface area (Å²) in [6.07, 6.45) is 1.57. The van der Waals surface area contributed by atoms with E-state index in [4.69, 9.17) is 5.73 Å². The molecule has 0 radical (unpaired) electrons. The van der Waals surface area contributed by atoms with Gasteiger partial charge in [0.15, 0.2) is 0 Å². The topological polar surface area (TPSA) is 46.3 Å². The Morgan fingerprint density at radius 3 is 2.26 bits per heavy atom. The predicted octanol–water partition coefficient (Wildman–Crippen LogP) is 2.83. The molecule has 1 amide bonds. The summed E-state index contributed by atoms with van der Waals surface area (Å²) in [4.78, 5) is 13.8. The van der Waals surface area contributed by atoms with E-state index in [-0.39, 0.29) is 11.8 Å².